The van der Waals surface area contributed by atoms with Gasteiger partial charge in [0.2, 0.25) is 11.8 Å². The lowest BCUT2D eigenvalue weighted by atomic mass is 9.85. The highest BCUT2D eigenvalue weighted by Crippen LogP contribution is 2.45. The van der Waals surface area contributed by atoms with Crippen molar-refractivity contribution in [3.05, 3.63) is 68.8 Å². The minimum atomic E-state index is -0.694. The van der Waals surface area contributed by atoms with E-state index in [2.05, 4.69) is 91.0 Å². The Bertz CT molecular complexity index is 3140. The van der Waals surface area contributed by atoms with Gasteiger partial charge in [0.05, 0.1) is 54.9 Å². The van der Waals surface area contributed by atoms with Crippen molar-refractivity contribution in [1.29, 1.82) is 0 Å². The molecule has 480 valence electrons. The van der Waals surface area contributed by atoms with Crippen molar-refractivity contribution in [3.63, 3.8) is 0 Å². The third kappa shape index (κ3) is 20.6. The zero-order valence-electron chi connectivity index (χ0n) is 55.2. The van der Waals surface area contributed by atoms with E-state index in [0.717, 1.165) is 104 Å². The van der Waals surface area contributed by atoms with Crippen molar-refractivity contribution in [3.8, 4) is 0 Å². The van der Waals surface area contributed by atoms with Gasteiger partial charge in [-0.15, -0.1) is 0 Å². The fourth-order valence-corrected chi connectivity index (χ4v) is 11.6. The van der Waals surface area contributed by atoms with E-state index in [4.69, 9.17) is 28.9 Å². The summed E-state index contributed by atoms with van der Waals surface area (Å²) in [4.78, 5) is 101. The number of amides is 2. The number of allylic oxidation sites excluding steroid dienone is 2. The number of hydrogen-bond acceptors (Lipinski definition) is 16. The van der Waals surface area contributed by atoms with Gasteiger partial charge in [0.15, 0.2) is 5.78 Å². The smallest absolute Gasteiger partial charge is 0.320 e. The van der Waals surface area contributed by atoms with Crippen molar-refractivity contribution in [1.82, 2.24) is 51.0 Å². The minimum Gasteiger partial charge on any atom is -0.459 e. The van der Waals surface area contributed by atoms with Crippen LogP contribution < -0.4 is 21.3 Å². The third-order valence-electron chi connectivity index (χ3n) is 15.8. The minimum absolute atomic E-state index is 0.00228. The molecule has 3 atom stereocenters. The number of unbranched alkanes of at least 4 members (excludes halogenated alkanes) is 3. The van der Waals surface area contributed by atoms with Crippen LogP contribution in [0.5, 0.6) is 0 Å². The average molecular weight is 1210 g/mol. The van der Waals surface area contributed by atoms with Crippen LogP contribution >= 0.6 is 0 Å². The molecule has 0 fully saturated rings. The van der Waals surface area contributed by atoms with Crippen molar-refractivity contribution in [2.45, 2.75) is 197 Å². The van der Waals surface area contributed by atoms with Gasteiger partial charge in [-0.05, 0) is 150 Å². The first kappa shape index (κ1) is 69.8. The maximum atomic E-state index is 14.0. The summed E-state index contributed by atoms with van der Waals surface area (Å²) in [5.74, 6) is -1.81. The van der Waals surface area contributed by atoms with Crippen LogP contribution in [-0.4, -0.2) is 167 Å². The lowest BCUT2D eigenvalue weighted by Crippen LogP contribution is -2.46. The monoisotopic (exact) mass is 1210 g/mol. The quantitative estimate of drug-likeness (QED) is 0.0199. The van der Waals surface area contributed by atoms with Crippen molar-refractivity contribution >= 4 is 68.7 Å². The number of aryl methyl sites for hydroxylation is 2. The zero-order valence-corrected chi connectivity index (χ0v) is 55.2. The highest BCUT2D eigenvalue weighted by molar-refractivity contribution is 6.13. The molecule has 3 aromatic heterocycles. The van der Waals surface area contributed by atoms with Crippen molar-refractivity contribution in [2.24, 2.45) is 0 Å². The molecule has 1 aliphatic carbocycles. The molecule has 0 saturated carbocycles. The van der Waals surface area contributed by atoms with Crippen LogP contribution in [0, 0.1) is 13.8 Å². The predicted molar refractivity (Wildman–Crippen MR) is 342 cm³/mol. The van der Waals surface area contributed by atoms with E-state index in [-0.39, 0.29) is 93.6 Å². The van der Waals surface area contributed by atoms with Crippen LogP contribution in [0.25, 0.3) is 33.2 Å². The number of hydrogen-bond donors (Lipinski definition) is 6. The molecule has 0 radical (unpaired) electrons. The van der Waals surface area contributed by atoms with E-state index in [1.807, 2.05) is 16.7 Å². The summed E-state index contributed by atoms with van der Waals surface area (Å²) in [7, 11) is 0. The number of rotatable bonds is 31. The molecule has 2 unspecified atom stereocenters. The topological polar surface area (TPSA) is 251 Å². The van der Waals surface area contributed by atoms with E-state index in [1.54, 1.807) is 62.3 Å². The number of aromatic amines is 2. The van der Waals surface area contributed by atoms with Crippen LogP contribution in [0.15, 0.2) is 18.2 Å². The van der Waals surface area contributed by atoms with Gasteiger partial charge in [0.25, 0.3) is 0 Å². The Balaban J connectivity index is 1.09. The predicted octanol–water partition coefficient (Wildman–Crippen LogP) is 9.38. The molecular formula is C67H102N10O10. The molecule has 2 aliphatic heterocycles. The van der Waals surface area contributed by atoms with E-state index in [9.17, 15) is 28.8 Å². The second-order valence-electron chi connectivity index (χ2n) is 26.6. The van der Waals surface area contributed by atoms with Gasteiger partial charge in [-0.25, -0.2) is 4.98 Å². The molecule has 3 aliphatic rings. The number of nitrogens with zero attached hydrogens (tertiary/aromatic N) is 4. The lowest BCUT2D eigenvalue weighted by molar-refractivity contribution is -0.158. The van der Waals surface area contributed by atoms with Gasteiger partial charge < -0.3 is 50.2 Å². The van der Waals surface area contributed by atoms with Crippen molar-refractivity contribution in [2.75, 3.05) is 85.1 Å². The van der Waals surface area contributed by atoms with Crippen LogP contribution in [-0.2, 0) is 49.3 Å². The molecule has 2 amide bonds. The Morgan fingerprint density at radius 1 is 0.678 bits per heavy atom. The Labute approximate surface area is 516 Å². The summed E-state index contributed by atoms with van der Waals surface area (Å²) in [5.41, 5.74) is 11.8. The second-order valence-corrected chi connectivity index (χ2v) is 26.6. The van der Waals surface area contributed by atoms with Gasteiger partial charge in [-0.1, -0.05) is 40.0 Å². The van der Waals surface area contributed by atoms with Gasteiger partial charge in [0.1, 0.15) is 16.8 Å². The maximum Gasteiger partial charge on any atom is 0.320 e. The Kier molecular flexibility index (Phi) is 25.0. The number of ketones is 1. The molecule has 8 bridgehead atoms. The SMILES string of the molecule is CCCCCCOC(C)c1c(C)c2cc3nc(c4c5[nH]c(cc6nc(cc1[nH]2)C(C)=C6CC)c(C)c5C(=O)C4)[C@@H](CCC(=O)NCCNC(=O)CNCCN(CCN(CCNCC(=O)OC(C)(C)C)CC(=O)OC(C)(C)C)CC(=O)OC(C)(C)C)C3C. The molecule has 3 aromatic rings. The molecule has 87 heavy (non-hydrogen) atoms. The number of aromatic nitrogens is 4. The normalized spacial score (nSPS) is 15.6. The Morgan fingerprint density at radius 2 is 1.25 bits per heavy atom. The van der Waals surface area contributed by atoms with Crippen LogP contribution in [0.2, 0.25) is 0 Å². The lowest BCUT2D eigenvalue weighted by Gasteiger charge is -2.29. The summed E-state index contributed by atoms with van der Waals surface area (Å²) in [6, 6.07) is 6.36. The van der Waals surface area contributed by atoms with E-state index in [0.29, 0.717) is 57.9 Å². The molecule has 6 rings (SSSR count). The number of carbonyl (C=O) groups excluding carboxylic acids is 6. The van der Waals surface area contributed by atoms with Gasteiger partial charge in [0, 0.05) is 123 Å². The van der Waals surface area contributed by atoms with Crippen LogP contribution in [0.4, 0.5) is 0 Å². The van der Waals surface area contributed by atoms with Crippen LogP contribution in [0.1, 0.15) is 215 Å². The molecule has 0 aromatic carbocycles. The maximum absolute atomic E-state index is 14.0. The number of esters is 3. The summed E-state index contributed by atoms with van der Waals surface area (Å²) in [6.07, 6.45) is 5.99. The second kappa shape index (κ2) is 31.2. The standard InChI is InChI=1S/C67H102N10O10/c1-17-19-20-21-32-84-45(7)61-43(5)51-34-50-42(4)47(63(74-50)48-33-55(78)62-44(6)52(75-64(48)62)35-53-46(18-2)41(3)49(72-53)36-54(61)73-51)22-23-56(79)70-24-25-71-57(80)37-68-26-28-76(39-59(82)86-66(11,12)13)30-31-77(40-60(83)87-67(14,15)16)29-27-69-38-58(81)85-65(8,9)10/h34-36,42,45,47,68-69,73,75H,17-33,37-40H2,1-16H3,(H,70,79)(H,71,80)/t42?,45?,47-/m0/s1. The average Bonchev–Trinajstić information content (AvgIpc) is 1.60. The first-order chi connectivity index (χ1) is 40.9. The van der Waals surface area contributed by atoms with Crippen LogP contribution in [0.3, 0.4) is 0 Å². The fourth-order valence-electron chi connectivity index (χ4n) is 11.6. The number of carbonyl (C=O) groups is 6. The third-order valence-corrected chi connectivity index (χ3v) is 15.8. The molecule has 0 saturated heterocycles. The summed E-state index contributed by atoms with van der Waals surface area (Å²) >= 11 is 0. The summed E-state index contributed by atoms with van der Waals surface area (Å²) in [6.45, 7) is 34.6. The zero-order chi connectivity index (χ0) is 64.0. The molecule has 6 N–H and O–H groups in total. The van der Waals surface area contributed by atoms with E-state index < -0.39 is 28.7 Å². The first-order valence-electron chi connectivity index (χ1n) is 31.6. The molecule has 20 nitrogen and oxygen atoms in total. The van der Waals surface area contributed by atoms with Crippen molar-refractivity contribution < 1.29 is 47.7 Å². The Morgan fingerprint density at radius 3 is 1.85 bits per heavy atom. The number of ether oxygens (including phenoxy) is 4. The van der Waals surface area contributed by atoms with Gasteiger partial charge in [-0.3, -0.25) is 43.6 Å². The van der Waals surface area contributed by atoms with Gasteiger partial charge in [-0.2, -0.15) is 0 Å². The number of H-pyrrole nitrogens is 2. The fraction of sp³-hybridized carbons (Fsp3) is 0.642. The molecule has 20 heteroatoms. The number of nitrogens with one attached hydrogen (secondary N) is 6. The largest absolute Gasteiger partial charge is 0.459 e. The number of Topliss-reactive ketones (excluding diaryl/α,β-unsaturated/α-hetero) is 1. The summed E-state index contributed by atoms with van der Waals surface area (Å²) in [5, 5.41) is 12.1. The summed E-state index contributed by atoms with van der Waals surface area (Å²) < 4.78 is 23.2. The van der Waals surface area contributed by atoms with E-state index >= 15 is 0 Å². The molecule has 0 spiro atoms. The highest BCUT2D eigenvalue weighted by Gasteiger charge is 2.36. The number of fused-ring (bicyclic) bond motifs is 8. The van der Waals surface area contributed by atoms with E-state index in [1.165, 1.54) is 6.42 Å². The molecule has 5 heterocycles. The highest BCUT2D eigenvalue weighted by atomic mass is 16.6. The van der Waals surface area contributed by atoms with Gasteiger partial charge >= 0.3 is 17.9 Å². The first-order valence-corrected chi connectivity index (χ1v) is 31.6. The Hall–Kier alpha value is -6.32. The molecular weight excluding hydrogens is 1100 g/mol.